The average molecular weight is 261 g/mol. The Hall–Kier alpha value is -2.70. The maximum atomic E-state index is 13.1. The second-order valence-electron chi connectivity index (χ2n) is 3.98. The molecular weight excluding hydrogens is 252 g/mol. The summed E-state index contributed by atoms with van der Waals surface area (Å²) in [4.78, 5) is 4.20. The fraction of sp³-hybridized carbons (Fsp3) is 0. The van der Waals surface area contributed by atoms with Gasteiger partial charge in [0.1, 0.15) is 17.5 Å². The SMILES string of the molecule is Nc1n[nH]c2nc(Nc3cc(F)cc(F)c3)ccc12. The molecule has 2 aromatic heterocycles. The van der Waals surface area contributed by atoms with Crippen LogP contribution in [0.3, 0.4) is 0 Å². The zero-order valence-electron chi connectivity index (χ0n) is 9.61. The Morgan fingerprint density at radius 3 is 2.58 bits per heavy atom. The van der Waals surface area contributed by atoms with E-state index in [1.165, 1.54) is 12.1 Å². The van der Waals surface area contributed by atoms with E-state index in [1.807, 2.05) is 0 Å². The van der Waals surface area contributed by atoms with Crippen molar-refractivity contribution in [1.29, 1.82) is 0 Å². The van der Waals surface area contributed by atoms with Crippen LogP contribution in [0.1, 0.15) is 0 Å². The van der Waals surface area contributed by atoms with Crippen molar-refractivity contribution in [1.82, 2.24) is 15.2 Å². The van der Waals surface area contributed by atoms with E-state index in [1.54, 1.807) is 12.1 Å². The zero-order chi connectivity index (χ0) is 13.4. The molecule has 4 N–H and O–H groups in total. The zero-order valence-corrected chi connectivity index (χ0v) is 9.61. The number of fused-ring (bicyclic) bond motifs is 1. The van der Waals surface area contributed by atoms with Crippen molar-refractivity contribution in [3.63, 3.8) is 0 Å². The Kier molecular flexibility index (Phi) is 2.52. The van der Waals surface area contributed by atoms with Crippen molar-refractivity contribution in [3.8, 4) is 0 Å². The fourth-order valence-corrected chi connectivity index (χ4v) is 1.77. The van der Waals surface area contributed by atoms with Gasteiger partial charge in [0, 0.05) is 11.8 Å². The minimum Gasteiger partial charge on any atom is -0.382 e. The van der Waals surface area contributed by atoms with Gasteiger partial charge < -0.3 is 11.1 Å². The lowest BCUT2D eigenvalue weighted by atomic mass is 10.3. The molecule has 19 heavy (non-hydrogen) atoms. The van der Waals surface area contributed by atoms with E-state index in [4.69, 9.17) is 5.73 Å². The average Bonchev–Trinajstić information content (AvgIpc) is 2.69. The summed E-state index contributed by atoms with van der Waals surface area (Å²) in [6.45, 7) is 0. The first-order chi connectivity index (χ1) is 9.11. The smallest absolute Gasteiger partial charge is 0.159 e. The number of nitrogens with one attached hydrogen (secondary N) is 2. The lowest BCUT2D eigenvalue weighted by molar-refractivity contribution is 0.584. The first-order valence-corrected chi connectivity index (χ1v) is 5.45. The van der Waals surface area contributed by atoms with Gasteiger partial charge in [-0.1, -0.05) is 0 Å². The van der Waals surface area contributed by atoms with Crippen LogP contribution in [0.15, 0.2) is 30.3 Å². The quantitative estimate of drug-likeness (QED) is 0.662. The summed E-state index contributed by atoms with van der Waals surface area (Å²) in [7, 11) is 0. The summed E-state index contributed by atoms with van der Waals surface area (Å²) in [5.41, 5.74) is 6.39. The van der Waals surface area contributed by atoms with Gasteiger partial charge >= 0.3 is 0 Å². The number of nitrogens with two attached hydrogens (primary N) is 1. The molecule has 0 aliphatic rings. The number of hydrogen-bond donors (Lipinski definition) is 3. The summed E-state index contributed by atoms with van der Waals surface area (Å²) >= 11 is 0. The predicted octanol–water partition coefficient (Wildman–Crippen LogP) is 2.56. The number of H-pyrrole nitrogens is 1. The van der Waals surface area contributed by atoms with Crippen LogP contribution in [0.25, 0.3) is 11.0 Å². The molecule has 96 valence electrons. The highest BCUT2D eigenvalue weighted by Crippen LogP contribution is 2.21. The summed E-state index contributed by atoms with van der Waals surface area (Å²) in [5, 5.41) is 9.98. The van der Waals surface area contributed by atoms with Crippen LogP contribution >= 0.6 is 0 Å². The minimum atomic E-state index is -0.658. The van der Waals surface area contributed by atoms with Crippen LogP contribution in [0.2, 0.25) is 0 Å². The molecule has 0 spiro atoms. The lowest BCUT2D eigenvalue weighted by Gasteiger charge is -2.05. The predicted molar refractivity (Wildman–Crippen MR) is 67.9 cm³/mol. The Labute approximate surface area is 106 Å². The maximum absolute atomic E-state index is 13.1. The third-order valence-corrected chi connectivity index (χ3v) is 2.59. The van der Waals surface area contributed by atoms with Gasteiger partial charge in [-0.25, -0.2) is 13.8 Å². The first-order valence-electron chi connectivity index (χ1n) is 5.45. The van der Waals surface area contributed by atoms with Gasteiger partial charge in [0.2, 0.25) is 0 Å². The van der Waals surface area contributed by atoms with Crippen molar-refractivity contribution < 1.29 is 8.78 Å². The Morgan fingerprint density at radius 1 is 1.11 bits per heavy atom. The molecule has 7 heteroatoms. The van der Waals surface area contributed by atoms with Gasteiger partial charge in [0.15, 0.2) is 11.5 Å². The Balaban J connectivity index is 1.96. The van der Waals surface area contributed by atoms with Gasteiger partial charge in [-0.2, -0.15) is 5.10 Å². The normalized spacial score (nSPS) is 10.8. The third-order valence-electron chi connectivity index (χ3n) is 2.59. The van der Waals surface area contributed by atoms with E-state index in [0.29, 0.717) is 22.7 Å². The number of hydrogen-bond acceptors (Lipinski definition) is 4. The van der Waals surface area contributed by atoms with Gasteiger partial charge in [0.25, 0.3) is 0 Å². The van der Waals surface area contributed by atoms with E-state index >= 15 is 0 Å². The molecule has 2 heterocycles. The number of pyridine rings is 1. The topological polar surface area (TPSA) is 79.6 Å². The second-order valence-corrected chi connectivity index (χ2v) is 3.98. The van der Waals surface area contributed by atoms with Crippen molar-refractivity contribution in [3.05, 3.63) is 42.0 Å². The molecule has 0 atom stereocenters. The highest BCUT2D eigenvalue weighted by molar-refractivity contribution is 5.87. The van der Waals surface area contributed by atoms with Crippen LogP contribution in [0.4, 0.5) is 26.1 Å². The van der Waals surface area contributed by atoms with Gasteiger partial charge in [-0.15, -0.1) is 0 Å². The first kappa shape index (κ1) is 11.4. The van der Waals surface area contributed by atoms with E-state index in [-0.39, 0.29) is 5.69 Å². The summed E-state index contributed by atoms with van der Waals surface area (Å²) < 4.78 is 26.1. The number of benzene rings is 1. The molecule has 0 amide bonds. The van der Waals surface area contributed by atoms with Crippen LogP contribution in [0.5, 0.6) is 0 Å². The number of nitrogen functional groups attached to an aromatic ring is 1. The standard InChI is InChI=1S/C12H9F2N5/c13-6-3-7(14)5-8(4-6)16-10-2-1-9-11(15)18-19-12(9)17-10/h1-5H,(H4,15,16,17,18,19). The van der Waals surface area contributed by atoms with E-state index in [2.05, 4.69) is 20.5 Å². The molecule has 0 saturated carbocycles. The minimum absolute atomic E-state index is 0.275. The number of rotatable bonds is 2. The molecule has 3 aromatic rings. The van der Waals surface area contributed by atoms with E-state index in [0.717, 1.165) is 6.07 Å². The van der Waals surface area contributed by atoms with Crippen molar-refractivity contribution in [2.24, 2.45) is 0 Å². The van der Waals surface area contributed by atoms with Crippen molar-refractivity contribution in [2.75, 3.05) is 11.1 Å². The molecule has 0 aliphatic carbocycles. The van der Waals surface area contributed by atoms with Crippen molar-refractivity contribution >= 4 is 28.4 Å². The third kappa shape index (κ3) is 2.17. The largest absolute Gasteiger partial charge is 0.382 e. The number of nitrogens with zero attached hydrogens (tertiary/aromatic N) is 2. The van der Waals surface area contributed by atoms with E-state index in [9.17, 15) is 8.78 Å². The van der Waals surface area contributed by atoms with Crippen LogP contribution in [-0.2, 0) is 0 Å². The van der Waals surface area contributed by atoms with Crippen molar-refractivity contribution in [2.45, 2.75) is 0 Å². The monoisotopic (exact) mass is 261 g/mol. The summed E-state index contributed by atoms with van der Waals surface area (Å²) in [5.74, 6) is -0.532. The molecule has 1 aromatic carbocycles. The van der Waals surface area contributed by atoms with Gasteiger partial charge in [0.05, 0.1) is 5.39 Å². The van der Waals surface area contributed by atoms with Crippen LogP contribution in [-0.4, -0.2) is 15.2 Å². The maximum Gasteiger partial charge on any atom is 0.159 e. The molecule has 5 nitrogen and oxygen atoms in total. The number of aromatic amines is 1. The van der Waals surface area contributed by atoms with Crippen LogP contribution < -0.4 is 11.1 Å². The molecule has 3 rings (SSSR count). The molecule has 0 bridgehead atoms. The molecule has 0 radical (unpaired) electrons. The molecule has 0 unspecified atom stereocenters. The van der Waals surface area contributed by atoms with Gasteiger partial charge in [-0.3, -0.25) is 5.10 Å². The number of anilines is 3. The molecule has 0 aliphatic heterocycles. The number of aromatic nitrogens is 3. The number of halogens is 2. The Morgan fingerprint density at radius 2 is 1.84 bits per heavy atom. The molecular formula is C12H9F2N5. The summed E-state index contributed by atoms with van der Waals surface area (Å²) in [6, 6.07) is 6.53. The van der Waals surface area contributed by atoms with E-state index < -0.39 is 11.6 Å². The van der Waals surface area contributed by atoms with Gasteiger partial charge in [-0.05, 0) is 24.3 Å². The summed E-state index contributed by atoms with van der Waals surface area (Å²) in [6.07, 6.45) is 0. The lowest BCUT2D eigenvalue weighted by Crippen LogP contribution is -1.95. The molecule has 0 fully saturated rings. The highest BCUT2D eigenvalue weighted by Gasteiger charge is 2.06. The molecule has 0 saturated heterocycles. The Bertz CT molecular complexity index is 733. The van der Waals surface area contributed by atoms with Crippen LogP contribution in [0, 0.1) is 11.6 Å². The second kappa shape index (κ2) is 4.20. The highest BCUT2D eigenvalue weighted by atomic mass is 19.1. The fourth-order valence-electron chi connectivity index (χ4n) is 1.77.